The molecular weight excluding hydrogens is 190 g/mol. The fraction of sp³-hybridized carbons (Fsp3) is 0.111. The summed E-state index contributed by atoms with van der Waals surface area (Å²) < 4.78 is 4.56. The Morgan fingerprint density at radius 3 is 3.00 bits per heavy atom. The number of nitrogens with zero attached hydrogens (tertiary/aromatic N) is 1. The van der Waals surface area contributed by atoms with E-state index in [1.807, 2.05) is 0 Å². The third-order valence-electron chi connectivity index (χ3n) is 1.44. The van der Waals surface area contributed by atoms with Crippen LogP contribution >= 0.6 is 11.6 Å². The van der Waals surface area contributed by atoms with E-state index in [2.05, 4.69) is 16.3 Å². The Kier molecular flexibility index (Phi) is 3.46. The molecule has 0 aliphatic carbocycles. The predicted octanol–water partition coefficient (Wildman–Crippen LogP) is 1.83. The van der Waals surface area contributed by atoms with E-state index in [4.69, 9.17) is 11.6 Å². The summed E-state index contributed by atoms with van der Waals surface area (Å²) in [5.41, 5.74) is 0.895. The number of hydrogen-bond acceptors (Lipinski definition) is 3. The quantitative estimate of drug-likeness (QED) is 0.422. The van der Waals surface area contributed by atoms with Gasteiger partial charge in [0.1, 0.15) is 0 Å². The normalized spacial score (nSPS) is 9.31. The Morgan fingerprint density at radius 1 is 1.69 bits per heavy atom. The van der Waals surface area contributed by atoms with Crippen LogP contribution in [0.5, 0.6) is 0 Å². The van der Waals surface area contributed by atoms with Crippen molar-refractivity contribution in [3.8, 4) is 0 Å². The highest BCUT2D eigenvalue weighted by molar-refractivity contribution is 6.20. The molecule has 1 heterocycles. The highest BCUT2D eigenvalue weighted by Crippen LogP contribution is 2.11. The van der Waals surface area contributed by atoms with Crippen LogP contribution in [0.3, 0.4) is 0 Å². The van der Waals surface area contributed by atoms with Crippen molar-refractivity contribution in [3.63, 3.8) is 0 Å². The van der Waals surface area contributed by atoms with Crippen molar-refractivity contribution < 1.29 is 9.53 Å². The third-order valence-corrected chi connectivity index (χ3v) is 1.55. The van der Waals surface area contributed by atoms with Gasteiger partial charge in [0.15, 0.2) is 6.07 Å². The first-order valence-corrected chi connectivity index (χ1v) is 4.11. The third kappa shape index (κ3) is 2.56. The van der Waals surface area contributed by atoms with Gasteiger partial charge in [0.05, 0.1) is 5.57 Å². The van der Waals surface area contributed by atoms with Gasteiger partial charge in [-0.05, 0) is 6.07 Å². The molecule has 0 aliphatic rings. The minimum Gasteiger partial charge on any atom is -0.446 e. The first kappa shape index (κ1) is 9.74. The van der Waals surface area contributed by atoms with Crippen LogP contribution in [0.25, 0.3) is 5.57 Å². The van der Waals surface area contributed by atoms with E-state index in [1.165, 1.54) is 6.20 Å². The summed E-state index contributed by atoms with van der Waals surface area (Å²) in [4.78, 5) is 15.0. The fourth-order valence-corrected chi connectivity index (χ4v) is 0.895. The molecule has 0 saturated carbocycles. The van der Waals surface area contributed by atoms with Crippen LogP contribution < -0.4 is 0 Å². The van der Waals surface area contributed by atoms with Gasteiger partial charge in [-0.25, -0.2) is 4.79 Å². The van der Waals surface area contributed by atoms with Crippen molar-refractivity contribution in [2.24, 2.45) is 0 Å². The van der Waals surface area contributed by atoms with Crippen molar-refractivity contribution in [1.82, 2.24) is 4.98 Å². The summed E-state index contributed by atoms with van der Waals surface area (Å²) in [7, 11) is 0. The summed E-state index contributed by atoms with van der Waals surface area (Å²) in [5, 5.41) is 0. The molecule has 1 rings (SSSR count). The van der Waals surface area contributed by atoms with Crippen LogP contribution in [-0.4, -0.2) is 17.0 Å². The van der Waals surface area contributed by atoms with Crippen LogP contribution in [0.2, 0.25) is 0 Å². The van der Waals surface area contributed by atoms with E-state index in [9.17, 15) is 4.79 Å². The number of halogens is 1. The van der Waals surface area contributed by atoms with Crippen molar-refractivity contribution in [3.05, 3.63) is 36.7 Å². The summed E-state index contributed by atoms with van der Waals surface area (Å²) in [5.74, 6) is -0.525. The average molecular weight is 198 g/mol. The zero-order chi connectivity index (χ0) is 9.68. The Hall–Kier alpha value is -1.35. The van der Waals surface area contributed by atoms with E-state index in [-0.39, 0.29) is 11.6 Å². The van der Waals surface area contributed by atoms with Gasteiger partial charge >= 0.3 is 5.97 Å². The SMILES string of the molecule is C=C(C(=O)OCCl)c1cccnc1. The molecule has 68 valence electrons. The number of aromatic nitrogens is 1. The average Bonchev–Trinajstić information content (AvgIpc) is 2.18. The van der Waals surface area contributed by atoms with Gasteiger partial charge in [-0.3, -0.25) is 4.98 Å². The molecule has 0 unspecified atom stereocenters. The fourth-order valence-electron chi connectivity index (χ4n) is 0.796. The highest BCUT2D eigenvalue weighted by Gasteiger charge is 2.09. The number of alkyl halides is 1. The predicted molar refractivity (Wildman–Crippen MR) is 50.1 cm³/mol. The van der Waals surface area contributed by atoms with Crippen LogP contribution in [0.1, 0.15) is 5.56 Å². The Morgan fingerprint density at radius 2 is 2.46 bits per heavy atom. The van der Waals surface area contributed by atoms with Gasteiger partial charge in [-0.15, -0.1) is 0 Å². The van der Waals surface area contributed by atoms with Gasteiger partial charge in [0.2, 0.25) is 0 Å². The standard InChI is InChI=1S/C9H8ClNO2/c1-7(9(12)13-6-10)8-3-2-4-11-5-8/h2-5H,1,6H2. The number of carbonyl (C=O) groups is 1. The zero-order valence-corrected chi connectivity index (χ0v) is 7.62. The largest absolute Gasteiger partial charge is 0.446 e. The number of carbonyl (C=O) groups excluding carboxylic acids is 1. The molecule has 0 saturated heterocycles. The second-order valence-corrected chi connectivity index (χ2v) is 2.48. The molecule has 1 aromatic heterocycles. The van der Waals surface area contributed by atoms with Gasteiger partial charge in [-0.1, -0.05) is 24.2 Å². The first-order valence-electron chi connectivity index (χ1n) is 3.58. The second-order valence-electron chi connectivity index (χ2n) is 2.26. The lowest BCUT2D eigenvalue weighted by molar-refractivity contribution is -0.134. The lowest BCUT2D eigenvalue weighted by atomic mass is 10.1. The Balaban J connectivity index is 2.74. The van der Waals surface area contributed by atoms with Crippen molar-refractivity contribution in [1.29, 1.82) is 0 Å². The van der Waals surface area contributed by atoms with Crippen molar-refractivity contribution in [2.75, 3.05) is 6.07 Å². The van der Waals surface area contributed by atoms with Crippen LogP contribution in [0, 0.1) is 0 Å². The number of esters is 1. The van der Waals surface area contributed by atoms with E-state index in [0.717, 1.165) is 0 Å². The minimum atomic E-state index is -0.525. The van der Waals surface area contributed by atoms with E-state index in [1.54, 1.807) is 18.3 Å². The molecule has 3 nitrogen and oxygen atoms in total. The van der Waals surface area contributed by atoms with Gasteiger partial charge in [-0.2, -0.15) is 0 Å². The van der Waals surface area contributed by atoms with Crippen LogP contribution in [-0.2, 0) is 9.53 Å². The molecule has 13 heavy (non-hydrogen) atoms. The summed E-state index contributed by atoms with van der Waals surface area (Å²) >= 11 is 5.23. The molecule has 0 spiro atoms. The summed E-state index contributed by atoms with van der Waals surface area (Å²) in [6.07, 6.45) is 3.15. The number of pyridine rings is 1. The van der Waals surface area contributed by atoms with Crippen LogP contribution in [0.15, 0.2) is 31.1 Å². The maximum Gasteiger partial charge on any atom is 0.339 e. The number of rotatable bonds is 3. The number of hydrogen-bond donors (Lipinski definition) is 0. The monoisotopic (exact) mass is 197 g/mol. The summed E-state index contributed by atoms with van der Waals surface area (Å²) in [6, 6.07) is 3.28. The van der Waals surface area contributed by atoms with Gasteiger partial charge in [0, 0.05) is 18.0 Å². The molecule has 0 bridgehead atoms. The van der Waals surface area contributed by atoms with Gasteiger partial charge in [0.25, 0.3) is 0 Å². The molecule has 1 aromatic rings. The van der Waals surface area contributed by atoms with E-state index >= 15 is 0 Å². The molecule has 0 aromatic carbocycles. The smallest absolute Gasteiger partial charge is 0.339 e. The molecule has 0 atom stereocenters. The highest BCUT2D eigenvalue weighted by atomic mass is 35.5. The van der Waals surface area contributed by atoms with E-state index in [0.29, 0.717) is 5.56 Å². The molecule has 0 aliphatic heterocycles. The maximum absolute atomic E-state index is 11.1. The topological polar surface area (TPSA) is 39.2 Å². The maximum atomic E-state index is 11.1. The van der Waals surface area contributed by atoms with Gasteiger partial charge < -0.3 is 4.74 Å². The lowest BCUT2D eigenvalue weighted by Gasteiger charge is -2.02. The molecule has 0 radical (unpaired) electrons. The Bertz CT molecular complexity index is 311. The second kappa shape index (κ2) is 4.62. The summed E-state index contributed by atoms with van der Waals surface area (Å²) in [6.45, 7) is 3.57. The minimum absolute atomic E-state index is 0.169. The molecule has 0 amide bonds. The number of ether oxygens (including phenoxy) is 1. The molecular formula is C9H8ClNO2. The molecule has 0 N–H and O–H groups in total. The first-order chi connectivity index (χ1) is 6.25. The van der Waals surface area contributed by atoms with Crippen molar-refractivity contribution in [2.45, 2.75) is 0 Å². The molecule has 0 fully saturated rings. The lowest BCUT2D eigenvalue weighted by Crippen LogP contribution is -2.04. The molecule has 4 heteroatoms. The van der Waals surface area contributed by atoms with Crippen LogP contribution in [0.4, 0.5) is 0 Å². The Labute approximate surface area is 81.0 Å². The van der Waals surface area contributed by atoms with Crippen molar-refractivity contribution >= 4 is 23.1 Å². The zero-order valence-electron chi connectivity index (χ0n) is 6.87. The van der Waals surface area contributed by atoms with E-state index < -0.39 is 5.97 Å².